The first kappa shape index (κ1) is 20.3. The lowest BCUT2D eigenvalue weighted by Gasteiger charge is -2.30. The Balaban J connectivity index is 1.57. The van der Waals surface area contributed by atoms with E-state index in [0.717, 1.165) is 56.6 Å². The van der Waals surface area contributed by atoms with E-state index in [1.54, 1.807) is 0 Å². The van der Waals surface area contributed by atoms with Crippen molar-refractivity contribution in [3.63, 3.8) is 0 Å². The summed E-state index contributed by atoms with van der Waals surface area (Å²) in [6, 6.07) is 8.63. The van der Waals surface area contributed by atoms with Crippen molar-refractivity contribution < 1.29 is 4.74 Å². The quantitative estimate of drug-likeness (QED) is 0.735. The van der Waals surface area contributed by atoms with Crippen LogP contribution in [0.1, 0.15) is 41.1 Å². The van der Waals surface area contributed by atoms with Gasteiger partial charge >= 0.3 is 0 Å². The number of ether oxygens (including phenoxy) is 1. The van der Waals surface area contributed by atoms with Crippen LogP contribution in [0.2, 0.25) is 0 Å². The van der Waals surface area contributed by atoms with Crippen LogP contribution in [0.3, 0.4) is 0 Å². The summed E-state index contributed by atoms with van der Waals surface area (Å²) in [6.45, 7) is 10.1. The van der Waals surface area contributed by atoms with Crippen molar-refractivity contribution in [2.45, 2.75) is 32.4 Å². The Hall–Kier alpha value is -1.96. The summed E-state index contributed by atoms with van der Waals surface area (Å²) in [7, 11) is 2.13. The Bertz CT molecular complexity index is 846. The third-order valence-electron chi connectivity index (χ3n) is 6.31. The fourth-order valence-electron chi connectivity index (χ4n) is 4.46. The van der Waals surface area contributed by atoms with E-state index >= 15 is 0 Å². The van der Waals surface area contributed by atoms with Crippen LogP contribution in [0.4, 0.5) is 0 Å². The lowest BCUT2D eigenvalue weighted by atomic mass is 9.96. The van der Waals surface area contributed by atoms with Crippen LogP contribution in [0, 0.1) is 13.8 Å². The van der Waals surface area contributed by atoms with Crippen LogP contribution < -0.4 is 5.32 Å². The molecule has 0 unspecified atom stereocenters. The van der Waals surface area contributed by atoms with Crippen molar-refractivity contribution in [1.82, 2.24) is 24.7 Å². The molecule has 7 heteroatoms. The molecule has 0 saturated carbocycles. The van der Waals surface area contributed by atoms with Gasteiger partial charge < -0.3 is 19.5 Å². The van der Waals surface area contributed by atoms with Crippen LogP contribution >= 0.6 is 12.2 Å². The molecule has 0 spiro atoms. The number of pyridine rings is 1. The highest BCUT2D eigenvalue weighted by atomic mass is 32.1. The number of aromatic nitrogens is 2. The van der Waals surface area contributed by atoms with Gasteiger partial charge in [-0.3, -0.25) is 9.88 Å². The second kappa shape index (κ2) is 8.81. The summed E-state index contributed by atoms with van der Waals surface area (Å²) < 4.78 is 7.73. The van der Waals surface area contributed by atoms with Crippen molar-refractivity contribution in [3.8, 4) is 0 Å². The number of hydrogen-bond acceptors (Lipinski definition) is 4. The number of nitrogens with one attached hydrogen (secondary N) is 1. The summed E-state index contributed by atoms with van der Waals surface area (Å²) in [5.74, 6) is 0. The first-order chi connectivity index (χ1) is 14.1. The molecule has 2 aromatic heterocycles. The van der Waals surface area contributed by atoms with E-state index in [1.807, 2.05) is 18.3 Å². The van der Waals surface area contributed by atoms with Gasteiger partial charge in [0.05, 0.1) is 31.0 Å². The largest absolute Gasteiger partial charge is 0.379 e. The maximum Gasteiger partial charge on any atom is 0.170 e. The summed E-state index contributed by atoms with van der Waals surface area (Å²) in [4.78, 5) is 9.50. The molecule has 0 aliphatic carbocycles. The topological polar surface area (TPSA) is 45.6 Å². The number of hydrogen-bond donors (Lipinski definition) is 1. The molecule has 0 aromatic carbocycles. The van der Waals surface area contributed by atoms with Crippen LogP contribution in [-0.2, 0) is 11.8 Å². The number of nitrogens with zero attached hydrogens (tertiary/aromatic N) is 4. The highest BCUT2D eigenvalue weighted by molar-refractivity contribution is 7.80. The van der Waals surface area contributed by atoms with Crippen LogP contribution in [-0.4, -0.2) is 63.9 Å². The Morgan fingerprint density at radius 2 is 2.00 bits per heavy atom. The highest BCUT2D eigenvalue weighted by Gasteiger charge is 2.40. The minimum absolute atomic E-state index is 0.0626. The van der Waals surface area contributed by atoms with Crippen LogP contribution in [0.15, 0.2) is 30.5 Å². The predicted molar refractivity (Wildman–Crippen MR) is 119 cm³/mol. The number of rotatable bonds is 6. The van der Waals surface area contributed by atoms with E-state index in [9.17, 15) is 0 Å². The molecule has 1 N–H and O–H groups in total. The standard InChI is InChI=1S/C22H31N5OS/c1-16-15-18(17(2)25(16)3)21-20(19-7-4-5-8-23-19)24-22(29)27(21)10-6-9-26-11-13-28-14-12-26/h4-5,7-8,15,20-21H,6,9-14H2,1-3H3,(H,24,29)/t20-,21+/m1/s1. The molecule has 2 aliphatic heterocycles. The number of thiocarbonyl (C=S) groups is 1. The molecule has 2 saturated heterocycles. The Morgan fingerprint density at radius 3 is 2.66 bits per heavy atom. The fourth-order valence-corrected chi connectivity index (χ4v) is 4.79. The zero-order valence-electron chi connectivity index (χ0n) is 17.6. The third kappa shape index (κ3) is 4.17. The van der Waals surface area contributed by atoms with Gasteiger partial charge in [-0.05, 0) is 56.2 Å². The summed E-state index contributed by atoms with van der Waals surface area (Å²) >= 11 is 5.79. The summed E-state index contributed by atoms with van der Waals surface area (Å²) in [6.07, 6.45) is 2.94. The van der Waals surface area contributed by atoms with E-state index in [-0.39, 0.29) is 12.1 Å². The first-order valence-corrected chi connectivity index (χ1v) is 10.9. The molecular formula is C22H31N5OS. The van der Waals surface area contributed by atoms with Crippen molar-refractivity contribution >= 4 is 17.3 Å². The molecule has 0 bridgehead atoms. The molecule has 4 heterocycles. The van der Waals surface area contributed by atoms with E-state index < -0.39 is 0 Å². The minimum atomic E-state index is 0.0626. The van der Waals surface area contributed by atoms with Gasteiger partial charge in [-0.25, -0.2) is 0 Å². The van der Waals surface area contributed by atoms with Crippen molar-refractivity contribution in [3.05, 3.63) is 53.1 Å². The molecule has 6 nitrogen and oxygen atoms in total. The van der Waals surface area contributed by atoms with Gasteiger partial charge in [-0.15, -0.1) is 0 Å². The lowest BCUT2D eigenvalue weighted by molar-refractivity contribution is 0.0365. The van der Waals surface area contributed by atoms with E-state index in [4.69, 9.17) is 17.0 Å². The normalized spacial score (nSPS) is 22.9. The maximum atomic E-state index is 5.79. The van der Waals surface area contributed by atoms with Crippen molar-refractivity contribution in [1.29, 1.82) is 0 Å². The monoisotopic (exact) mass is 413 g/mol. The number of aryl methyl sites for hydroxylation is 1. The van der Waals surface area contributed by atoms with Gasteiger partial charge in [0, 0.05) is 50.8 Å². The summed E-state index contributed by atoms with van der Waals surface area (Å²) in [5.41, 5.74) is 4.93. The third-order valence-corrected chi connectivity index (χ3v) is 6.66. The van der Waals surface area contributed by atoms with Gasteiger partial charge in [0.1, 0.15) is 0 Å². The maximum absolute atomic E-state index is 5.79. The highest BCUT2D eigenvalue weighted by Crippen LogP contribution is 2.40. The Labute approximate surface area is 178 Å². The first-order valence-electron chi connectivity index (χ1n) is 10.5. The fraction of sp³-hybridized carbons (Fsp3) is 0.545. The SMILES string of the molecule is Cc1cc([C@H]2[C@@H](c3ccccn3)NC(=S)N2CCCN2CCOCC2)c(C)n1C. The average molecular weight is 414 g/mol. The molecular weight excluding hydrogens is 382 g/mol. The molecule has 0 amide bonds. The van der Waals surface area contributed by atoms with Gasteiger partial charge in [-0.1, -0.05) is 6.07 Å². The van der Waals surface area contributed by atoms with Crippen molar-refractivity contribution in [2.24, 2.45) is 7.05 Å². The van der Waals surface area contributed by atoms with Crippen molar-refractivity contribution in [2.75, 3.05) is 39.4 Å². The molecule has 2 aliphatic rings. The molecule has 0 radical (unpaired) electrons. The molecule has 2 fully saturated rings. The zero-order chi connectivity index (χ0) is 20.4. The smallest absolute Gasteiger partial charge is 0.170 e. The second-order valence-electron chi connectivity index (χ2n) is 8.01. The van der Waals surface area contributed by atoms with E-state index in [1.165, 1.54) is 17.0 Å². The Kier molecular flexibility index (Phi) is 6.18. The van der Waals surface area contributed by atoms with Crippen LogP contribution in [0.25, 0.3) is 0 Å². The summed E-state index contributed by atoms with van der Waals surface area (Å²) in [5, 5.41) is 4.39. The van der Waals surface area contributed by atoms with Gasteiger partial charge in [0.2, 0.25) is 0 Å². The van der Waals surface area contributed by atoms with Gasteiger partial charge in [-0.2, -0.15) is 0 Å². The van der Waals surface area contributed by atoms with Gasteiger partial charge in [0.25, 0.3) is 0 Å². The average Bonchev–Trinajstić information content (AvgIpc) is 3.20. The Morgan fingerprint density at radius 1 is 1.21 bits per heavy atom. The molecule has 29 heavy (non-hydrogen) atoms. The van der Waals surface area contributed by atoms with Crippen LogP contribution in [0.5, 0.6) is 0 Å². The van der Waals surface area contributed by atoms with Gasteiger partial charge in [0.15, 0.2) is 5.11 Å². The predicted octanol–water partition coefficient (Wildman–Crippen LogP) is 2.73. The molecule has 2 aromatic rings. The molecule has 4 rings (SSSR count). The second-order valence-corrected chi connectivity index (χ2v) is 8.40. The molecule has 156 valence electrons. The zero-order valence-corrected chi connectivity index (χ0v) is 18.4. The lowest BCUT2D eigenvalue weighted by Crippen LogP contribution is -2.39. The van der Waals surface area contributed by atoms with E-state index in [2.05, 4.69) is 57.7 Å². The van der Waals surface area contributed by atoms with E-state index in [0.29, 0.717) is 0 Å². The minimum Gasteiger partial charge on any atom is -0.379 e. The number of morpholine rings is 1. The molecule has 2 atom stereocenters.